The van der Waals surface area contributed by atoms with E-state index in [2.05, 4.69) is 20.5 Å². The molecule has 10 heteroatoms. The van der Waals surface area contributed by atoms with E-state index < -0.39 is 17.8 Å². The van der Waals surface area contributed by atoms with E-state index in [4.69, 9.17) is 0 Å². The van der Waals surface area contributed by atoms with Gasteiger partial charge in [-0.05, 0) is 38.0 Å². The topological polar surface area (TPSA) is 77.1 Å². The van der Waals surface area contributed by atoms with E-state index in [1.165, 1.54) is 6.07 Å². The van der Waals surface area contributed by atoms with E-state index in [1.807, 2.05) is 30.3 Å². The Morgan fingerprint density at radius 2 is 1.84 bits per heavy atom. The third-order valence-corrected chi connectivity index (χ3v) is 5.04. The van der Waals surface area contributed by atoms with Gasteiger partial charge in [-0.1, -0.05) is 18.2 Å². The van der Waals surface area contributed by atoms with Crippen molar-refractivity contribution < 1.29 is 18.0 Å². The fourth-order valence-electron chi connectivity index (χ4n) is 3.43. The van der Waals surface area contributed by atoms with Gasteiger partial charge in [0.15, 0.2) is 11.3 Å². The quantitative estimate of drug-likeness (QED) is 0.526. The highest BCUT2D eigenvalue weighted by molar-refractivity contribution is 6.03. The molecule has 5 rings (SSSR count). The summed E-state index contributed by atoms with van der Waals surface area (Å²) in [6.07, 6.45) is -3.00. The maximum atomic E-state index is 13.6. The number of carbonyl (C=O) groups is 1. The predicted molar refractivity (Wildman–Crippen MR) is 106 cm³/mol. The zero-order chi connectivity index (χ0) is 21.8. The second kappa shape index (κ2) is 6.93. The summed E-state index contributed by atoms with van der Waals surface area (Å²) in [5.41, 5.74) is 0.673. The van der Waals surface area contributed by atoms with Gasteiger partial charge in [0.2, 0.25) is 0 Å². The number of benzene rings is 1. The lowest BCUT2D eigenvalue weighted by Gasteiger charge is -2.10. The molecule has 1 aliphatic carbocycles. The number of hydrogen-bond acceptors (Lipinski definition) is 4. The summed E-state index contributed by atoms with van der Waals surface area (Å²) in [7, 11) is 0. The van der Waals surface area contributed by atoms with Crippen molar-refractivity contribution in [2.24, 2.45) is 0 Å². The number of aromatic nitrogens is 5. The summed E-state index contributed by atoms with van der Waals surface area (Å²) < 4.78 is 43.0. The van der Waals surface area contributed by atoms with Crippen molar-refractivity contribution in [3.63, 3.8) is 0 Å². The van der Waals surface area contributed by atoms with Gasteiger partial charge in [0.05, 0.1) is 11.4 Å². The minimum atomic E-state index is -4.62. The van der Waals surface area contributed by atoms with E-state index in [1.54, 1.807) is 17.7 Å². The van der Waals surface area contributed by atoms with Gasteiger partial charge in [0.1, 0.15) is 11.5 Å². The van der Waals surface area contributed by atoms with Crippen LogP contribution >= 0.6 is 0 Å². The Morgan fingerprint density at radius 3 is 2.52 bits per heavy atom. The first kappa shape index (κ1) is 19.3. The van der Waals surface area contributed by atoms with Crippen molar-refractivity contribution >= 4 is 17.4 Å². The van der Waals surface area contributed by atoms with E-state index >= 15 is 0 Å². The molecule has 1 amide bonds. The average Bonchev–Trinajstić information content (AvgIpc) is 3.38. The van der Waals surface area contributed by atoms with Crippen LogP contribution in [0.2, 0.25) is 0 Å². The van der Waals surface area contributed by atoms with Crippen LogP contribution in [-0.2, 0) is 6.18 Å². The molecule has 7 nitrogen and oxygen atoms in total. The Kier molecular flexibility index (Phi) is 4.31. The zero-order valence-corrected chi connectivity index (χ0v) is 16.4. The smallest absolute Gasteiger partial charge is 0.305 e. The van der Waals surface area contributed by atoms with Crippen molar-refractivity contribution in [1.29, 1.82) is 0 Å². The van der Waals surface area contributed by atoms with Crippen molar-refractivity contribution in [2.75, 3.05) is 5.32 Å². The first-order chi connectivity index (χ1) is 14.8. The molecule has 3 aromatic heterocycles. The second-order valence-electron chi connectivity index (χ2n) is 7.51. The molecule has 0 spiro atoms. The van der Waals surface area contributed by atoms with Crippen molar-refractivity contribution in [1.82, 2.24) is 24.4 Å². The van der Waals surface area contributed by atoms with Crippen LogP contribution in [0.25, 0.3) is 11.3 Å². The lowest BCUT2D eigenvalue weighted by molar-refractivity contribution is -0.142. The Labute approximate surface area is 174 Å². The van der Waals surface area contributed by atoms with Gasteiger partial charge in [-0.2, -0.15) is 23.4 Å². The average molecular weight is 426 g/mol. The monoisotopic (exact) mass is 426 g/mol. The third-order valence-electron chi connectivity index (χ3n) is 5.04. The third kappa shape index (κ3) is 3.65. The lowest BCUT2D eigenvalue weighted by Crippen LogP contribution is -2.17. The van der Waals surface area contributed by atoms with Crippen molar-refractivity contribution in [3.8, 4) is 5.69 Å². The number of hydrogen-bond donors (Lipinski definition) is 1. The minimum Gasteiger partial charge on any atom is -0.305 e. The summed E-state index contributed by atoms with van der Waals surface area (Å²) in [6, 6.07) is 13.1. The zero-order valence-electron chi connectivity index (χ0n) is 16.4. The SMILES string of the molecule is Cc1cc(NC(=O)c2cc3nc(C4CC4)cc(C(F)(F)F)n3n2)n(-c2ccccc2)n1. The van der Waals surface area contributed by atoms with Crippen LogP contribution in [0.15, 0.2) is 48.5 Å². The van der Waals surface area contributed by atoms with Crippen LogP contribution < -0.4 is 5.32 Å². The number of nitrogens with one attached hydrogen (secondary N) is 1. The Balaban J connectivity index is 1.52. The number of anilines is 1. The van der Waals surface area contributed by atoms with E-state index in [0.29, 0.717) is 21.7 Å². The van der Waals surface area contributed by atoms with Crippen LogP contribution in [0.4, 0.5) is 19.0 Å². The van der Waals surface area contributed by atoms with Gasteiger partial charge in [0.25, 0.3) is 5.91 Å². The summed E-state index contributed by atoms with van der Waals surface area (Å²) in [5.74, 6) is -0.237. The summed E-state index contributed by atoms with van der Waals surface area (Å²) >= 11 is 0. The maximum absolute atomic E-state index is 13.6. The Bertz CT molecular complexity index is 1290. The van der Waals surface area contributed by atoms with Crippen LogP contribution in [0.5, 0.6) is 0 Å². The number of rotatable bonds is 4. The molecule has 1 aromatic carbocycles. The fourth-order valence-corrected chi connectivity index (χ4v) is 3.43. The molecular formula is C21H17F3N6O. The normalized spacial score (nSPS) is 14.2. The highest BCUT2D eigenvalue weighted by Crippen LogP contribution is 2.41. The molecule has 0 saturated heterocycles. The molecule has 0 bridgehead atoms. The molecule has 3 heterocycles. The molecule has 4 aromatic rings. The van der Waals surface area contributed by atoms with Gasteiger partial charge in [-0.3, -0.25) is 4.79 Å². The first-order valence-corrected chi connectivity index (χ1v) is 9.71. The van der Waals surface area contributed by atoms with Gasteiger partial charge in [-0.25, -0.2) is 14.2 Å². The predicted octanol–water partition coefficient (Wildman–Crippen LogP) is 4.37. The Hall–Kier alpha value is -3.69. The molecule has 1 fully saturated rings. The highest BCUT2D eigenvalue weighted by atomic mass is 19.4. The van der Waals surface area contributed by atoms with E-state index in [-0.39, 0.29) is 17.3 Å². The molecule has 0 atom stereocenters. The first-order valence-electron chi connectivity index (χ1n) is 9.71. The molecule has 158 valence electrons. The summed E-state index contributed by atoms with van der Waals surface area (Å²) in [6.45, 7) is 1.78. The molecule has 1 saturated carbocycles. The number of amides is 1. The number of alkyl halides is 3. The highest BCUT2D eigenvalue weighted by Gasteiger charge is 2.37. The number of nitrogens with zero attached hydrogens (tertiary/aromatic N) is 5. The maximum Gasteiger partial charge on any atom is 0.433 e. The molecule has 1 N–H and O–H groups in total. The van der Waals surface area contributed by atoms with Crippen molar-refractivity contribution in [2.45, 2.75) is 31.9 Å². The summed E-state index contributed by atoms with van der Waals surface area (Å²) in [5, 5.41) is 11.0. The van der Waals surface area contributed by atoms with Crippen molar-refractivity contribution in [3.05, 3.63) is 71.3 Å². The van der Waals surface area contributed by atoms with Gasteiger partial charge in [0, 0.05) is 23.7 Å². The fraction of sp³-hybridized carbons (Fsp3) is 0.238. The Morgan fingerprint density at radius 1 is 1.10 bits per heavy atom. The number of para-hydroxylation sites is 1. The number of carbonyl (C=O) groups excluding carboxylic acids is 1. The second-order valence-corrected chi connectivity index (χ2v) is 7.51. The molecule has 1 aliphatic rings. The molecule has 31 heavy (non-hydrogen) atoms. The van der Waals surface area contributed by atoms with Gasteiger partial charge >= 0.3 is 6.18 Å². The molecule has 0 unspecified atom stereocenters. The number of halogens is 3. The van der Waals surface area contributed by atoms with E-state index in [0.717, 1.165) is 24.6 Å². The van der Waals surface area contributed by atoms with Crippen LogP contribution in [0, 0.1) is 6.92 Å². The molecular weight excluding hydrogens is 409 g/mol. The number of aryl methyl sites for hydroxylation is 1. The standard InChI is InChI=1S/C21H17F3N6O/c1-12-9-18(29(27-12)14-5-3-2-4-6-14)26-20(31)16-11-19-25-15(13-7-8-13)10-17(21(22,23)24)30(19)28-16/h2-6,9-11,13H,7-8H2,1H3,(H,26,31). The molecule has 0 aliphatic heterocycles. The van der Waals surface area contributed by atoms with Crippen LogP contribution in [0.3, 0.4) is 0 Å². The molecule has 0 radical (unpaired) electrons. The van der Waals surface area contributed by atoms with Crippen LogP contribution in [0.1, 0.15) is 46.3 Å². The van der Waals surface area contributed by atoms with Crippen LogP contribution in [-0.4, -0.2) is 30.3 Å². The van der Waals surface area contributed by atoms with Gasteiger partial charge < -0.3 is 5.32 Å². The number of fused-ring (bicyclic) bond motifs is 1. The van der Waals surface area contributed by atoms with E-state index in [9.17, 15) is 18.0 Å². The summed E-state index contributed by atoms with van der Waals surface area (Å²) in [4.78, 5) is 17.1. The lowest BCUT2D eigenvalue weighted by atomic mass is 10.2. The minimum absolute atomic E-state index is 0.00498. The van der Waals surface area contributed by atoms with Gasteiger partial charge in [-0.15, -0.1) is 0 Å². The largest absolute Gasteiger partial charge is 0.433 e.